The Kier molecular flexibility index (Phi) is 71.0. The van der Waals surface area contributed by atoms with E-state index in [4.69, 9.17) is 5.11 Å². The Balaban J connectivity index is -0.0000000471. The van der Waals surface area contributed by atoms with Crippen LogP contribution in [-0.2, 0) is 4.74 Å². The van der Waals surface area contributed by atoms with Crippen molar-refractivity contribution < 1.29 is 9.84 Å². The Morgan fingerprint density at radius 1 is 0.895 bits per heavy atom. The third-order valence-electron chi connectivity index (χ3n) is 1.67. The highest BCUT2D eigenvalue weighted by Crippen LogP contribution is 1.89. The molecule has 0 aromatic heterocycles. The van der Waals surface area contributed by atoms with Crippen LogP contribution in [0.1, 0.15) is 68.2 Å². The molecule has 1 N–H and O–H groups in total. The van der Waals surface area contributed by atoms with Crippen LogP contribution < -0.4 is 0 Å². The van der Waals surface area contributed by atoms with Crippen molar-refractivity contribution in [1.82, 2.24) is 4.90 Å². The monoisotopic (exact) mass is 281 g/mol. The minimum atomic E-state index is 0.699. The topological polar surface area (TPSA) is 32.7 Å². The summed E-state index contributed by atoms with van der Waals surface area (Å²) in [5, 5.41) is 7.00. The predicted octanol–water partition coefficient (Wildman–Crippen LogP) is 4.44. The van der Waals surface area contributed by atoms with E-state index in [9.17, 15) is 0 Å². The molecule has 3 heteroatoms. The molecule has 0 bridgehead atoms. The number of ether oxygens (including phenoxy) is 1. The lowest BCUT2D eigenvalue weighted by Gasteiger charge is -2.17. The van der Waals surface area contributed by atoms with Crippen molar-refractivity contribution in [3.63, 3.8) is 0 Å². The van der Waals surface area contributed by atoms with Crippen LogP contribution in [0.25, 0.3) is 0 Å². The summed E-state index contributed by atoms with van der Waals surface area (Å²) in [7, 11) is 4.81. The molecule has 0 aliphatic heterocycles. The first kappa shape index (κ1) is 31.3. The van der Waals surface area contributed by atoms with Gasteiger partial charge in [0.1, 0.15) is 0 Å². The highest BCUT2D eigenvalue weighted by molar-refractivity contribution is 4.51. The van der Waals surface area contributed by atoms with E-state index in [-0.39, 0.29) is 0 Å². The highest BCUT2D eigenvalue weighted by atomic mass is 16.5. The summed E-state index contributed by atoms with van der Waals surface area (Å²) in [6.45, 7) is 19.0. The number of aliphatic hydroxyl groups is 1. The molecule has 0 saturated heterocycles. The third kappa shape index (κ3) is 95.3. The van der Waals surface area contributed by atoms with E-state index in [1.807, 2.05) is 6.92 Å². The van der Waals surface area contributed by atoms with Gasteiger partial charge in [0, 0.05) is 26.9 Å². The third-order valence-corrected chi connectivity index (χ3v) is 1.67. The first-order valence-corrected chi connectivity index (χ1v) is 7.56. The van der Waals surface area contributed by atoms with Crippen molar-refractivity contribution in [1.29, 1.82) is 0 Å². The van der Waals surface area contributed by atoms with Gasteiger partial charge in [-0.05, 0) is 34.4 Å². The van der Waals surface area contributed by atoms with E-state index in [2.05, 4.69) is 65.2 Å². The zero-order chi connectivity index (χ0) is 16.7. The first-order valence-electron chi connectivity index (χ1n) is 7.56. The number of nitrogens with zero attached hydrogens (tertiary/aromatic N) is 1. The summed E-state index contributed by atoms with van der Waals surface area (Å²) < 4.78 is 4.54. The summed E-state index contributed by atoms with van der Waals surface area (Å²) in [6, 6.07) is 0.699. The Hall–Kier alpha value is -0.120. The molecule has 0 saturated carbocycles. The molecule has 124 valence electrons. The maximum absolute atomic E-state index is 7.00. The lowest BCUT2D eigenvalue weighted by Crippen LogP contribution is -2.25. The molecule has 0 spiro atoms. The molecule has 0 aliphatic rings. The molecule has 0 unspecified atom stereocenters. The van der Waals surface area contributed by atoms with Crippen molar-refractivity contribution >= 4 is 0 Å². The van der Waals surface area contributed by atoms with Gasteiger partial charge in [-0.2, -0.15) is 0 Å². The standard InChI is InChI=1S/C6H15N.C3H8O.2C3H8.CH4O/c1-5-7(4)6(2)3;1-3-4-2;2*1-3-2;1-2/h6H,5H2,1-4H3;3H2,1-2H3;2*3H2,1-2H3;2H,1H3. The van der Waals surface area contributed by atoms with Crippen molar-refractivity contribution in [3.8, 4) is 0 Å². The summed E-state index contributed by atoms with van der Waals surface area (Å²) in [5.74, 6) is 0. The summed E-state index contributed by atoms with van der Waals surface area (Å²) in [5.41, 5.74) is 0. The molecular formula is C16H43NO2. The lowest BCUT2D eigenvalue weighted by molar-refractivity contribution is 0.215. The molecule has 0 aromatic rings. The summed E-state index contributed by atoms with van der Waals surface area (Å²) >= 11 is 0. The largest absolute Gasteiger partial charge is 0.400 e. The zero-order valence-electron chi connectivity index (χ0n) is 15.7. The number of hydrogen-bond acceptors (Lipinski definition) is 3. The van der Waals surface area contributed by atoms with Gasteiger partial charge in [0.2, 0.25) is 0 Å². The van der Waals surface area contributed by atoms with Gasteiger partial charge in [-0.15, -0.1) is 0 Å². The molecular weight excluding hydrogens is 238 g/mol. The molecule has 0 rings (SSSR count). The minimum absolute atomic E-state index is 0.699. The maximum atomic E-state index is 7.00. The molecule has 0 heterocycles. The van der Waals surface area contributed by atoms with Gasteiger partial charge in [0.05, 0.1) is 0 Å². The molecule has 0 radical (unpaired) electrons. The predicted molar refractivity (Wildman–Crippen MR) is 91.1 cm³/mol. The van der Waals surface area contributed by atoms with Crippen LogP contribution in [0.2, 0.25) is 0 Å². The molecule has 0 atom stereocenters. The van der Waals surface area contributed by atoms with Gasteiger partial charge in [-0.1, -0.05) is 47.5 Å². The zero-order valence-corrected chi connectivity index (χ0v) is 15.7. The van der Waals surface area contributed by atoms with Gasteiger partial charge in [0.25, 0.3) is 0 Å². The molecule has 0 aromatic carbocycles. The average molecular weight is 282 g/mol. The van der Waals surface area contributed by atoms with E-state index in [0.29, 0.717) is 6.04 Å². The average Bonchev–Trinajstić information content (AvgIpc) is 2.42. The van der Waals surface area contributed by atoms with Gasteiger partial charge in [-0.3, -0.25) is 0 Å². The van der Waals surface area contributed by atoms with E-state index >= 15 is 0 Å². The van der Waals surface area contributed by atoms with Gasteiger partial charge in [0.15, 0.2) is 0 Å². The van der Waals surface area contributed by atoms with E-state index in [0.717, 1.165) is 20.3 Å². The Bertz CT molecular complexity index is 84.8. The van der Waals surface area contributed by atoms with Crippen LogP contribution >= 0.6 is 0 Å². The lowest BCUT2D eigenvalue weighted by atomic mass is 10.3. The SMILES string of the molecule is CCC.CCC.CCN(C)C(C)C.CCOC.CO. The first-order chi connectivity index (χ1) is 8.92. The number of aliphatic hydroxyl groups excluding tert-OH is 1. The highest BCUT2D eigenvalue weighted by Gasteiger charge is 1.95. The second-order valence-corrected chi connectivity index (χ2v) is 4.16. The smallest absolute Gasteiger partial charge is 0.0433 e. The van der Waals surface area contributed by atoms with Crippen LogP contribution in [0.4, 0.5) is 0 Å². The fourth-order valence-electron chi connectivity index (χ4n) is 0.365. The van der Waals surface area contributed by atoms with Gasteiger partial charge >= 0.3 is 0 Å². The van der Waals surface area contributed by atoms with Crippen LogP contribution in [-0.4, -0.2) is 50.5 Å². The minimum Gasteiger partial charge on any atom is -0.400 e. The van der Waals surface area contributed by atoms with Crippen LogP contribution in [0.5, 0.6) is 0 Å². The van der Waals surface area contributed by atoms with E-state index in [1.54, 1.807) is 7.11 Å². The van der Waals surface area contributed by atoms with Crippen molar-refractivity contribution in [2.75, 3.05) is 34.4 Å². The number of rotatable bonds is 3. The van der Waals surface area contributed by atoms with Crippen LogP contribution in [0, 0.1) is 0 Å². The molecule has 0 aliphatic carbocycles. The quantitative estimate of drug-likeness (QED) is 0.830. The number of methoxy groups -OCH3 is 1. The van der Waals surface area contributed by atoms with E-state index in [1.165, 1.54) is 12.8 Å². The van der Waals surface area contributed by atoms with E-state index < -0.39 is 0 Å². The van der Waals surface area contributed by atoms with Crippen LogP contribution in [0.15, 0.2) is 0 Å². The summed E-state index contributed by atoms with van der Waals surface area (Å²) in [6.07, 6.45) is 2.50. The fraction of sp³-hybridized carbons (Fsp3) is 1.00. The van der Waals surface area contributed by atoms with Gasteiger partial charge in [-0.25, -0.2) is 0 Å². The van der Waals surface area contributed by atoms with Crippen LogP contribution in [0.3, 0.4) is 0 Å². The van der Waals surface area contributed by atoms with Crippen molar-refractivity contribution in [2.24, 2.45) is 0 Å². The van der Waals surface area contributed by atoms with Crippen molar-refractivity contribution in [3.05, 3.63) is 0 Å². The number of hydrogen-bond donors (Lipinski definition) is 1. The second-order valence-electron chi connectivity index (χ2n) is 4.16. The maximum Gasteiger partial charge on any atom is 0.0433 e. The Morgan fingerprint density at radius 2 is 1.11 bits per heavy atom. The second kappa shape index (κ2) is 43.0. The molecule has 3 nitrogen and oxygen atoms in total. The summed E-state index contributed by atoms with van der Waals surface area (Å²) in [4.78, 5) is 2.29. The normalized spacial score (nSPS) is 7.89. The van der Waals surface area contributed by atoms with Crippen molar-refractivity contribution in [2.45, 2.75) is 74.3 Å². The molecule has 19 heavy (non-hydrogen) atoms. The van der Waals surface area contributed by atoms with Gasteiger partial charge < -0.3 is 14.7 Å². The fourth-order valence-corrected chi connectivity index (χ4v) is 0.365. The molecule has 0 amide bonds. The Morgan fingerprint density at radius 3 is 1.11 bits per heavy atom. The molecule has 0 fully saturated rings. The Labute approximate surface area is 124 Å².